The summed E-state index contributed by atoms with van der Waals surface area (Å²) >= 11 is 0. The zero-order valence-corrected chi connectivity index (χ0v) is 9.12. The van der Waals surface area contributed by atoms with E-state index in [0.29, 0.717) is 25.6 Å². The first-order valence-electron chi connectivity index (χ1n) is 5.31. The molecule has 5 heteroatoms. The van der Waals surface area contributed by atoms with E-state index in [0.717, 1.165) is 19.6 Å². The fourth-order valence-electron chi connectivity index (χ4n) is 1.67. The largest absolute Gasteiger partial charge is 0.354 e. The van der Waals surface area contributed by atoms with E-state index in [-0.39, 0.29) is 5.91 Å². The Labute approximate surface area is 90.4 Å². The molecule has 1 atom stereocenters. The lowest BCUT2D eigenvalue weighted by atomic mass is 10.2. The Hall–Kier alpha value is -1.12. The summed E-state index contributed by atoms with van der Waals surface area (Å²) in [6.07, 6.45) is 0.379. The van der Waals surface area contributed by atoms with Crippen LogP contribution < -0.4 is 10.6 Å². The molecule has 1 saturated heterocycles. The van der Waals surface area contributed by atoms with Crippen molar-refractivity contribution in [3.05, 3.63) is 0 Å². The van der Waals surface area contributed by atoms with Gasteiger partial charge in [0.2, 0.25) is 5.91 Å². The van der Waals surface area contributed by atoms with Crippen LogP contribution in [0.25, 0.3) is 0 Å². The van der Waals surface area contributed by atoms with Crippen molar-refractivity contribution in [2.45, 2.75) is 19.4 Å². The number of rotatable bonds is 4. The number of nitrogens with one attached hydrogen (secondary N) is 2. The van der Waals surface area contributed by atoms with E-state index in [1.165, 1.54) is 0 Å². The van der Waals surface area contributed by atoms with Crippen molar-refractivity contribution in [3.8, 4) is 6.07 Å². The minimum atomic E-state index is 0.0133. The van der Waals surface area contributed by atoms with Crippen molar-refractivity contribution in [2.75, 3.05) is 32.7 Å². The predicted molar refractivity (Wildman–Crippen MR) is 57.1 cm³/mol. The van der Waals surface area contributed by atoms with Crippen LogP contribution in [-0.4, -0.2) is 49.6 Å². The average Bonchev–Trinajstić information content (AvgIpc) is 2.18. The summed E-state index contributed by atoms with van der Waals surface area (Å²) in [6.45, 7) is 5.77. The lowest BCUT2D eigenvalue weighted by molar-refractivity contribution is -0.122. The molecule has 0 aliphatic carbocycles. The highest BCUT2D eigenvalue weighted by Gasteiger charge is 2.17. The Morgan fingerprint density at radius 2 is 2.53 bits per heavy atom. The Bertz CT molecular complexity index is 248. The molecule has 0 aromatic heterocycles. The van der Waals surface area contributed by atoms with E-state index in [2.05, 4.69) is 22.5 Å². The van der Waals surface area contributed by atoms with E-state index in [9.17, 15) is 4.79 Å². The number of hydrogen-bond acceptors (Lipinski definition) is 4. The second kappa shape index (κ2) is 6.38. The van der Waals surface area contributed by atoms with Gasteiger partial charge in [-0.15, -0.1) is 0 Å². The topological polar surface area (TPSA) is 68.2 Å². The van der Waals surface area contributed by atoms with Gasteiger partial charge in [0.1, 0.15) is 0 Å². The second-order valence-corrected chi connectivity index (χ2v) is 3.85. The first-order chi connectivity index (χ1) is 7.22. The highest BCUT2D eigenvalue weighted by atomic mass is 16.2. The zero-order valence-electron chi connectivity index (χ0n) is 9.12. The van der Waals surface area contributed by atoms with Crippen LogP contribution in [0, 0.1) is 11.3 Å². The van der Waals surface area contributed by atoms with Gasteiger partial charge in [-0.25, -0.2) is 0 Å². The second-order valence-electron chi connectivity index (χ2n) is 3.85. The van der Waals surface area contributed by atoms with Gasteiger partial charge in [0.25, 0.3) is 0 Å². The molecule has 84 valence electrons. The Morgan fingerprint density at radius 1 is 1.73 bits per heavy atom. The molecule has 1 fully saturated rings. The molecule has 0 aromatic carbocycles. The Morgan fingerprint density at radius 3 is 3.20 bits per heavy atom. The molecule has 15 heavy (non-hydrogen) atoms. The summed E-state index contributed by atoms with van der Waals surface area (Å²) in [6, 6.07) is 2.45. The molecule has 1 amide bonds. The molecular formula is C10H18N4O. The minimum Gasteiger partial charge on any atom is -0.354 e. The molecule has 0 radical (unpaired) electrons. The van der Waals surface area contributed by atoms with Gasteiger partial charge in [-0.05, 0) is 6.92 Å². The van der Waals surface area contributed by atoms with E-state index in [4.69, 9.17) is 5.26 Å². The predicted octanol–water partition coefficient (Wildman–Crippen LogP) is -0.690. The van der Waals surface area contributed by atoms with Crippen LogP contribution >= 0.6 is 0 Å². The Kier molecular flexibility index (Phi) is 5.08. The van der Waals surface area contributed by atoms with Crippen LogP contribution in [0.1, 0.15) is 13.3 Å². The van der Waals surface area contributed by atoms with E-state index in [1.807, 2.05) is 6.07 Å². The van der Waals surface area contributed by atoms with E-state index >= 15 is 0 Å². The normalized spacial score (nSPS) is 22.0. The molecule has 1 aliphatic heterocycles. The number of nitrogens with zero attached hydrogens (tertiary/aromatic N) is 2. The zero-order chi connectivity index (χ0) is 11.1. The molecule has 2 N–H and O–H groups in total. The molecule has 0 spiro atoms. The maximum atomic E-state index is 11.4. The third kappa shape index (κ3) is 4.77. The number of piperazine rings is 1. The third-order valence-corrected chi connectivity index (χ3v) is 2.38. The van der Waals surface area contributed by atoms with Crippen molar-refractivity contribution >= 4 is 5.91 Å². The van der Waals surface area contributed by atoms with Gasteiger partial charge >= 0.3 is 0 Å². The van der Waals surface area contributed by atoms with Gasteiger partial charge in [-0.3, -0.25) is 9.69 Å². The molecule has 5 nitrogen and oxygen atoms in total. The molecule has 0 unspecified atom stereocenters. The summed E-state index contributed by atoms with van der Waals surface area (Å²) in [5.74, 6) is 0.0133. The summed E-state index contributed by atoms with van der Waals surface area (Å²) in [5, 5.41) is 14.4. The molecular weight excluding hydrogens is 192 g/mol. The lowest BCUT2D eigenvalue weighted by Crippen LogP contribution is -2.51. The quantitative estimate of drug-likeness (QED) is 0.603. The highest BCUT2D eigenvalue weighted by molar-refractivity contribution is 5.78. The van der Waals surface area contributed by atoms with Crippen molar-refractivity contribution < 1.29 is 4.79 Å². The third-order valence-electron chi connectivity index (χ3n) is 2.38. The van der Waals surface area contributed by atoms with Gasteiger partial charge < -0.3 is 10.6 Å². The van der Waals surface area contributed by atoms with Gasteiger partial charge in [0.15, 0.2) is 0 Å². The number of hydrogen-bond donors (Lipinski definition) is 2. The maximum absolute atomic E-state index is 11.4. The van der Waals surface area contributed by atoms with Crippen molar-refractivity contribution in [1.82, 2.24) is 15.5 Å². The average molecular weight is 210 g/mol. The van der Waals surface area contributed by atoms with Crippen LogP contribution in [0.5, 0.6) is 0 Å². The number of carbonyl (C=O) groups is 1. The summed E-state index contributed by atoms with van der Waals surface area (Å²) in [5.41, 5.74) is 0. The van der Waals surface area contributed by atoms with Crippen LogP contribution in [0.2, 0.25) is 0 Å². The van der Waals surface area contributed by atoms with Gasteiger partial charge in [0, 0.05) is 32.2 Å². The van der Waals surface area contributed by atoms with Crippen molar-refractivity contribution in [2.24, 2.45) is 0 Å². The summed E-state index contributed by atoms with van der Waals surface area (Å²) < 4.78 is 0. The van der Waals surface area contributed by atoms with Crippen molar-refractivity contribution in [3.63, 3.8) is 0 Å². The molecule has 0 aromatic rings. The standard InChI is InChI=1S/C10H18N4O/c1-9-7-14(6-5-12-9)8-10(15)13-4-2-3-11/h9,12H,2,4-8H2,1H3,(H,13,15)/t9-/m1/s1. The fourth-order valence-corrected chi connectivity index (χ4v) is 1.67. The summed E-state index contributed by atoms with van der Waals surface area (Å²) in [7, 11) is 0. The van der Waals surface area contributed by atoms with E-state index < -0.39 is 0 Å². The van der Waals surface area contributed by atoms with Crippen LogP contribution in [0.3, 0.4) is 0 Å². The first kappa shape index (κ1) is 12.0. The van der Waals surface area contributed by atoms with Crippen LogP contribution in [0.15, 0.2) is 0 Å². The Balaban J connectivity index is 2.16. The first-order valence-corrected chi connectivity index (χ1v) is 5.31. The minimum absolute atomic E-state index is 0.0133. The van der Waals surface area contributed by atoms with Crippen LogP contribution in [0.4, 0.5) is 0 Å². The fraction of sp³-hybridized carbons (Fsp3) is 0.800. The number of nitriles is 1. The monoisotopic (exact) mass is 210 g/mol. The number of carbonyl (C=O) groups excluding carboxylic acids is 1. The lowest BCUT2D eigenvalue weighted by Gasteiger charge is -2.31. The summed E-state index contributed by atoms with van der Waals surface area (Å²) in [4.78, 5) is 13.5. The van der Waals surface area contributed by atoms with Crippen molar-refractivity contribution in [1.29, 1.82) is 5.26 Å². The van der Waals surface area contributed by atoms with Crippen LogP contribution in [-0.2, 0) is 4.79 Å². The smallest absolute Gasteiger partial charge is 0.234 e. The molecule has 1 rings (SSSR count). The van der Waals surface area contributed by atoms with E-state index in [1.54, 1.807) is 0 Å². The van der Waals surface area contributed by atoms with Gasteiger partial charge in [-0.1, -0.05) is 0 Å². The molecule has 1 heterocycles. The SMILES string of the molecule is C[C@@H]1CN(CC(=O)NCCC#N)CCN1. The van der Waals surface area contributed by atoms with Gasteiger partial charge in [-0.2, -0.15) is 5.26 Å². The maximum Gasteiger partial charge on any atom is 0.234 e. The molecule has 1 aliphatic rings. The highest BCUT2D eigenvalue weighted by Crippen LogP contribution is 1.97. The molecule has 0 bridgehead atoms. The van der Waals surface area contributed by atoms with Gasteiger partial charge in [0.05, 0.1) is 19.0 Å². The number of amides is 1. The molecule has 0 saturated carbocycles.